The van der Waals surface area contributed by atoms with E-state index in [1.165, 1.54) is 11.6 Å². The Morgan fingerprint density at radius 1 is 0.745 bits per heavy atom. The minimum atomic E-state index is -0.847. The fraction of sp³-hybridized carbons (Fsp3) is 0.447. The van der Waals surface area contributed by atoms with Crippen LogP contribution in [0, 0.1) is 11.6 Å². The normalized spacial score (nSPS) is 16.4. The third-order valence-electron chi connectivity index (χ3n) is 8.69. The molecule has 5 rings (SSSR count). The van der Waals surface area contributed by atoms with Crippen LogP contribution in [0.1, 0.15) is 68.8 Å². The monoisotopic (exact) mass is 648 g/mol. The summed E-state index contributed by atoms with van der Waals surface area (Å²) >= 11 is 0. The van der Waals surface area contributed by atoms with Gasteiger partial charge in [0.2, 0.25) is 5.91 Å². The standard InChI is InChI=1S/C38H46F2N2O5/c1-5-44-34-12-10-28(22-35(34)45-6-2)21-33-30-24-37(47-8-4)36(46-7-3)23-29(30)15-18-42(33)38(43)25-41-16-13-26(14-17-41)19-27-9-11-31(39)32(40)20-27/h9-12,19-20,22-24,33H,5-8,13-18,21,25H2,1-4H3. The molecule has 0 spiro atoms. The van der Waals surface area contributed by atoms with Crippen LogP contribution in [0.3, 0.4) is 0 Å². The second kappa shape index (κ2) is 16.1. The molecule has 0 aliphatic carbocycles. The third kappa shape index (κ3) is 8.44. The van der Waals surface area contributed by atoms with Crippen LogP contribution in [0.5, 0.6) is 23.0 Å². The van der Waals surface area contributed by atoms with E-state index in [1.54, 1.807) is 6.07 Å². The van der Waals surface area contributed by atoms with Crippen molar-refractivity contribution in [1.29, 1.82) is 0 Å². The summed E-state index contributed by atoms with van der Waals surface area (Å²) in [5.41, 5.74) is 5.09. The average molecular weight is 649 g/mol. The fourth-order valence-corrected chi connectivity index (χ4v) is 6.47. The van der Waals surface area contributed by atoms with Gasteiger partial charge in [0.05, 0.1) is 39.0 Å². The van der Waals surface area contributed by atoms with Gasteiger partial charge in [-0.3, -0.25) is 9.69 Å². The molecule has 1 atom stereocenters. The lowest BCUT2D eigenvalue weighted by molar-refractivity contribution is -0.135. The molecule has 1 amide bonds. The van der Waals surface area contributed by atoms with E-state index in [2.05, 4.69) is 17.0 Å². The van der Waals surface area contributed by atoms with Crippen LogP contribution in [-0.2, 0) is 17.6 Å². The molecule has 2 heterocycles. The molecule has 7 nitrogen and oxygen atoms in total. The minimum Gasteiger partial charge on any atom is -0.490 e. The lowest BCUT2D eigenvalue weighted by Crippen LogP contribution is -2.47. The van der Waals surface area contributed by atoms with Crippen LogP contribution in [-0.4, -0.2) is 68.3 Å². The first-order valence-corrected chi connectivity index (χ1v) is 16.8. The Kier molecular flexibility index (Phi) is 11.7. The van der Waals surface area contributed by atoms with Crippen molar-refractivity contribution in [3.8, 4) is 23.0 Å². The van der Waals surface area contributed by atoms with Crippen molar-refractivity contribution in [3.63, 3.8) is 0 Å². The van der Waals surface area contributed by atoms with Gasteiger partial charge in [-0.2, -0.15) is 0 Å². The van der Waals surface area contributed by atoms with E-state index in [9.17, 15) is 13.6 Å². The van der Waals surface area contributed by atoms with Gasteiger partial charge >= 0.3 is 0 Å². The number of piperidine rings is 1. The Bertz CT molecular complexity index is 1570. The lowest BCUT2D eigenvalue weighted by atomic mass is 9.88. The highest BCUT2D eigenvalue weighted by Crippen LogP contribution is 2.41. The molecular formula is C38H46F2N2O5. The number of hydrogen-bond donors (Lipinski definition) is 0. The van der Waals surface area contributed by atoms with E-state index in [1.807, 2.05) is 56.9 Å². The highest BCUT2D eigenvalue weighted by molar-refractivity contribution is 5.79. The van der Waals surface area contributed by atoms with Gasteiger partial charge in [0.25, 0.3) is 0 Å². The Morgan fingerprint density at radius 3 is 2.04 bits per heavy atom. The Balaban J connectivity index is 1.38. The van der Waals surface area contributed by atoms with Gasteiger partial charge < -0.3 is 23.8 Å². The predicted octanol–water partition coefficient (Wildman–Crippen LogP) is 7.41. The minimum absolute atomic E-state index is 0.0801. The quantitative estimate of drug-likeness (QED) is 0.193. The van der Waals surface area contributed by atoms with Crippen LogP contribution >= 0.6 is 0 Å². The van der Waals surface area contributed by atoms with Gasteiger partial charge in [0.15, 0.2) is 34.6 Å². The van der Waals surface area contributed by atoms with Gasteiger partial charge in [-0.05, 0) is 112 Å². The van der Waals surface area contributed by atoms with E-state index in [0.717, 1.165) is 60.9 Å². The zero-order chi connectivity index (χ0) is 33.3. The molecule has 3 aromatic rings. The summed E-state index contributed by atoms with van der Waals surface area (Å²) in [6.45, 7) is 12.3. The summed E-state index contributed by atoms with van der Waals surface area (Å²) < 4.78 is 50.8. The number of carbonyl (C=O) groups is 1. The van der Waals surface area contributed by atoms with E-state index in [-0.39, 0.29) is 11.9 Å². The van der Waals surface area contributed by atoms with Crippen molar-refractivity contribution in [2.24, 2.45) is 0 Å². The Hall–Kier alpha value is -4.11. The highest BCUT2D eigenvalue weighted by atomic mass is 19.2. The number of carbonyl (C=O) groups excluding carboxylic acids is 1. The Labute approximate surface area is 277 Å². The predicted molar refractivity (Wildman–Crippen MR) is 179 cm³/mol. The average Bonchev–Trinajstić information content (AvgIpc) is 3.06. The number of likely N-dealkylation sites (tertiary alicyclic amines) is 1. The van der Waals surface area contributed by atoms with Crippen LogP contribution in [0.4, 0.5) is 8.78 Å². The lowest BCUT2D eigenvalue weighted by Gasteiger charge is -2.39. The first kappa shape index (κ1) is 34.2. The zero-order valence-corrected chi connectivity index (χ0v) is 28.0. The van der Waals surface area contributed by atoms with Crippen LogP contribution in [0.25, 0.3) is 6.08 Å². The van der Waals surface area contributed by atoms with Crippen LogP contribution in [0.15, 0.2) is 54.1 Å². The molecule has 3 aromatic carbocycles. The molecule has 252 valence electrons. The molecular weight excluding hydrogens is 602 g/mol. The highest BCUT2D eigenvalue weighted by Gasteiger charge is 2.33. The summed E-state index contributed by atoms with van der Waals surface area (Å²) in [5, 5.41) is 0. The van der Waals surface area contributed by atoms with Gasteiger partial charge in [-0.25, -0.2) is 8.78 Å². The van der Waals surface area contributed by atoms with Crippen molar-refractivity contribution >= 4 is 12.0 Å². The molecule has 1 saturated heterocycles. The van der Waals surface area contributed by atoms with E-state index in [0.29, 0.717) is 68.7 Å². The van der Waals surface area contributed by atoms with Gasteiger partial charge in [0, 0.05) is 19.6 Å². The van der Waals surface area contributed by atoms with Crippen LogP contribution < -0.4 is 18.9 Å². The molecule has 2 aliphatic rings. The Morgan fingerprint density at radius 2 is 1.38 bits per heavy atom. The number of ether oxygens (including phenoxy) is 4. The summed E-state index contributed by atoms with van der Waals surface area (Å²) in [6, 6.07) is 13.9. The van der Waals surface area contributed by atoms with Gasteiger partial charge in [-0.15, -0.1) is 0 Å². The maximum absolute atomic E-state index is 14.1. The zero-order valence-electron chi connectivity index (χ0n) is 28.0. The number of rotatable bonds is 13. The maximum atomic E-state index is 14.1. The first-order valence-electron chi connectivity index (χ1n) is 16.8. The number of fused-ring (bicyclic) bond motifs is 1. The molecule has 0 N–H and O–H groups in total. The topological polar surface area (TPSA) is 60.5 Å². The molecule has 0 aromatic heterocycles. The largest absolute Gasteiger partial charge is 0.490 e. The number of benzene rings is 3. The number of amides is 1. The van der Waals surface area contributed by atoms with Crippen molar-refractivity contribution < 1.29 is 32.5 Å². The summed E-state index contributed by atoms with van der Waals surface area (Å²) in [5.74, 6) is 1.21. The van der Waals surface area contributed by atoms with Gasteiger partial charge in [0.1, 0.15) is 0 Å². The van der Waals surface area contributed by atoms with Crippen molar-refractivity contribution in [2.75, 3.05) is 52.6 Å². The SMILES string of the molecule is CCOc1ccc(CC2c3cc(OCC)c(OCC)cc3CCN2C(=O)CN2CCC(=Cc3ccc(F)c(F)c3)CC2)cc1OCC. The van der Waals surface area contributed by atoms with Gasteiger partial charge in [-0.1, -0.05) is 23.8 Å². The van der Waals surface area contributed by atoms with Crippen molar-refractivity contribution in [3.05, 3.63) is 88.0 Å². The second-order valence-electron chi connectivity index (χ2n) is 11.8. The summed E-state index contributed by atoms with van der Waals surface area (Å²) in [4.78, 5) is 18.3. The fourth-order valence-electron chi connectivity index (χ4n) is 6.47. The molecule has 9 heteroatoms. The van der Waals surface area contributed by atoms with Crippen molar-refractivity contribution in [2.45, 2.75) is 59.4 Å². The molecule has 1 fully saturated rings. The van der Waals surface area contributed by atoms with E-state index >= 15 is 0 Å². The first-order chi connectivity index (χ1) is 22.8. The maximum Gasteiger partial charge on any atom is 0.237 e. The second-order valence-corrected chi connectivity index (χ2v) is 11.8. The number of halogens is 2. The summed E-state index contributed by atoms with van der Waals surface area (Å²) in [6.07, 6.45) is 4.79. The smallest absolute Gasteiger partial charge is 0.237 e. The number of nitrogens with zero attached hydrogens (tertiary/aromatic N) is 2. The number of hydrogen-bond acceptors (Lipinski definition) is 6. The van der Waals surface area contributed by atoms with E-state index < -0.39 is 11.6 Å². The summed E-state index contributed by atoms with van der Waals surface area (Å²) in [7, 11) is 0. The molecule has 47 heavy (non-hydrogen) atoms. The molecule has 0 saturated carbocycles. The van der Waals surface area contributed by atoms with Crippen molar-refractivity contribution in [1.82, 2.24) is 9.80 Å². The molecule has 1 unspecified atom stereocenters. The molecule has 2 aliphatic heterocycles. The third-order valence-corrected chi connectivity index (χ3v) is 8.69. The molecule has 0 bridgehead atoms. The molecule has 0 radical (unpaired) electrons. The van der Waals surface area contributed by atoms with E-state index in [4.69, 9.17) is 18.9 Å². The van der Waals surface area contributed by atoms with Crippen LogP contribution in [0.2, 0.25) is 0 Å².